The molecule has 0 aliphatic carbocycles. The molecule has 0 aliphatic heterocycles. The molecule has 20 heavy (non-hydrogen) atoms. The van der Waals surface area contributed by atoms with Crippen molar-refractivity contribution in [2.24, 2.45) is 0 Å². The number of rotatable bonds is 5. The summed E-state index contributed by atoms with van der Waals surface area (Å²) in [6, 6.07) is 11.1. The van der Waals surface area contributed by atoms with Crippen molar-refractivity contribution in [2.75, 3.05) is 19.4 Å². The maximum atomic E-state index is 11.9. The molecule has 5 heteroatoms. The average Bonchev–Trinajstić information content (AvgIpc) is 2.48. The Morgan fingerprint density at radius 1 is 1.30 bits per heavy atom. The fourth-order valence-corrected chi connectivity index (χ4v) is 1.80. The van der Waals surface area contributed by atoms with Crippen LogP contribution in [-0.2, 0) is 6.42 Å². The van der Waals surface area contributed by atoms with Gasteiger partial charge in [0, 0.05) is 12.7 Å². The van der Waals surface area contributed by atoms with Crippen molar-refractivity contribution in [3.8, 4) is 5.75 Å². The van der Waals surface area contributed by atoms with Crippen LogP contribution in [0, 0.1) is 0 Å². The number of hydrogen-bond donors (Lipinski definition) is 2. The minimum absolute atomic E-state index is 0.253. The van der Waals surface area contributed by atoms with Crippen molar-refractivity contribution in [3.63, 3.8) is 0 Å². The van der Waals surface area contributed by atoms with E-state index in [2.05, 4.69) is 10.3 Å². The largest absolute Gasteiger partial charge is 0.497 e. The quantitative estimate of drug-likeness (QED) is 0.866. The number of anilines is 1. The normalized spacial score (nSPS) is 10.1. The summed E-state index contributed by atoms with van der Waals surface area (Å²) in [4.78, 5) is 15.9. The van der Waals surface area contributed by atoms with Crippen LogP contribution in [0.25, 0.3) is 0 Å². The maximum Gasteiger partial charge on any atom is 0.272 e. The van der Waals surface area contributed by atoms with Crippen LogP contribution in [0.5, 0.6) is 5.75 Å². The van der Waals surface area contributed by atoms with Gasteiger partial charge in [-0.3, -0.25) is 4.79 Å². The van der Waals surface area contributed by atoms with Crippen molar-refractivity contribution in [3.05, 3.63) is 53.9 Å². The third-order valence-electron chi connectivity index (χ3n) is 2.91. The Morgan fingerprint density at radius 3 is 2.70 bits per heavy atom. The molecular formula is C15H17N3O2. The van der Waals surface area contributed by atoms with Gasteiger partial charge in [0.05, 0.1) is 12.8 Å². The fraction of sp³-hybridized carbons (Fsp3) is 0.200. The Labute approximate surface area is 117 Å². The van der Waals surface area contributed by atoms with Gasteiger partial charge in [0.2, 0.25) is 0 Å². The first-order chi connectivity index (χ1) is 9.70. The predicted octanol–water partition coefficient (Wildman–Crippen LogP) is 1.64. The fourth-order valence-electron chi connectivity index (χ4n) is 1.80. The van der Waals surface area contributed by atoms with Crippen molar-refractivity contribution in [2.45, 2.75) is 6.42 Å². The molecule has 1 aromatic carbocycles. The number of nitrogens with two attached hydrogens (primary N) is 1. The van der Waals surface area contributed by atoms with E-state index in [4.69, 9.17) is 10.5 Å². The van der Waals surface area contributed by atoms with Gasteiger partial charge in [0.1, 0.15) is 5.75 Å². The van der Waals surface area contributed by atoms with E-state index in [1.165, 1.54) is 0 Å². The molecule has 0 radical (unpaired) electrons. The summed E-state index contributed by atoms with van der Waals surface area (Å²) in [6.07, 6.45) is 2.29. The number of hydrogen-bond acceptors (Lipinski definition) is 4. The van der Waals surface area contributed by atoms with Gasteiger partial charge in [-0.1, -0.05) is 12.1 Å². The van der Waals surface area contributed by atoms with Gasteiger partial charge in [-0.25, -0.2) is 4.98 Å². The lowest BCUT2D eigenvalue weighted by Crippen LogP contribution is -2.27. The van der Waals surface area contributed by atoms with Gasteiger partial charge in [-0.15, -0.1) is 0 Å². The lowest BCUT2D eigenvalue weighted by molar-refractivity contribution is 0.0950. The number of amides is 1. The maximum absolute atomic E-state index is 11.9. The minimum Gasteiger partial charge on any atom is -0.497 e. The van der Waals surface area contributed by atoms with Crippen LogP contribution in [0.15, 0.2) is 42.6 Å². The zero-order valence-corrected chi connectivity index (χ0v) is 11.3. The average molecular weight is 271 g/mol. The molecule has 1 heterocycles. The van der Waals surface area contributed by atoms with Crippen LogP contribution in [0.2, 0.25) is 0 Å². The second kappa shape index (κ2) is 6.56. The Balaban J connectivity index is 1.86. The van der Waals surface area contributed by atoms with Gasteiger partial charge >= 0.3 is 0 Å². The lowest BCUT2D eigenvalue weighted by atomic mass is 10.1. The number of pyridine rings is 1. The molecule has 0 fully saturated rings. The Kier molecular flexibility index (Phi) is 4.55. The van der Waals surface area contributed by atoms with E-state index in [9.17, 15) is 4.79 Å². The Bertz CT molecular complexity index is 582. The number of nitrogens with one attached hydrogen (secondary N) is 1. The zero-order valence-electron chi connectivity index (χ0n) is 11.3. The first-order valence-corrected chi connectivity index (χ1v) is 6.32. The molecule has 0 unspecified atom stereocenters. The predicted molar refractivity (Wildman–Crippen MR) is 77.7 cm³/mol. The van der Waals surface area contributed by atoms with Gasteiger partial charge in [-0.05, 0) is 36.2 Å². The van der Waals surface area contributed by atoms with Gasteiger partial charge in [-0.2, -0.15) is 0 Å². The number of methoxy groups -OCH3 is 1. The second-order valence-corrected chi connectivity index (χ2v) is 4.30. The van der Waals surface area contributed by atoms with Crippen molar-refractivity contribution in [1.82, 2.24) is 10.3 Å². The number of ether oxygens (including phenoxy) is 1. The summed E-state index contributed by atoms with van der Waals surface area (Å²) in [5.41, 5.74) is 7.47. The second-order valence-electron chi connectivity index (χ2n) is 4.30. The van der Waals surface area contributed by atoms with Crippen LogP contribution in [0.3, 0.4) is 0 Å². The summed E-state index contributed by atoms with van der Waals surface area (Å²) in [6.45, 7) is 0.529. The monoisotopic (exact) mass is 271 g/mol. The number of nitrogen functional groups attached to an aromatic ring is 1. The number of benzene rings is 1. The molecular weight excluding hydrogens is 254 g/mol. The number of aromatic nitrogens is 1. The van der Waals surface area contributed by atoms with Crippen LogP contribution in [-0.4, -0.2) is 24.5 Å². The van der Waals surface area contributed by atoms with E-state index >= 15 is 0 Å². The minimum atomic E-state index is -0.253. The summed E-state index contributed by atoms with van der Waals surface area (Å²) in [5.74, 6) is 0.565. The van der Waals surface area contributed by atoms with Crippen LogP contribution >= 0.6 is 0 Å². The van der Waals surface area contributed by atoms with Crippen LogP contribution in [0.4, 0.5) is 5.69 Å². The summed E-state index contributed by atoms with van der Waals surface area (Å²) >= 11 is 0. The molecule has 0 aliphatic rings. The van der Waals surface area contributed by atoms with E-state index in [0.29, 0.717) is 12.2 Å². The van der Waals surface area contributed by atoms with Gasteiger partial charge in [0.15, 0.2) is 5.69 Å². The SMILES string of the molecule is COc1ccc(CCNC(=O)c2ncccc2N)cc1. The van der Waals surface area contributed by atoms with Crippen LogP contribution in [0.1, 0.15) is 16.1 Å². The Hall–Kier alpha value is -2.56. The van der Waals surface area contributed by atoms with E-state index in [-0.39, 0.29) is 11.6 Å². The molecule has 3 N–H and O–H groups in total. The smallest absolute Gasteiger partial charge is 0.272 e. The van der Waals surface area contributed by atoms with E-state index in [1.54, 1.807) is 25.4 Å². The highest BCUT2D eigenvalue weighted by Gasteiger charge is 2.09. The Morgan fingerprint density at radius 2 is 2.05 bits per heavy atom. The third kappa shape index (κ3) is 3.47. The molecule has 1 amide bonds. The molecule has 0 spiro atoms. The molecule has 2 aromatic rings. The van der Waals surface area contributed by atoms with E-state index in [1.807, 2.05) is 24.3 Å². The lowest BCUT2D eigenvalue weighted by Gasteiger charge is -2.07. The molecule has 0 atom stereocenters. The standard InChI is InChI=1S/C15H17N3O2/c1-20-12-6-4-11(5-7-12)8-10-18-15(19)14-13(16)3-2-9-17-14/h2-7,9H,8,10,16H2,1H3,(H,18,19). The summed E-state index contributed by atoms with van der Waals surface area (Å²) in [7, 11) is 1.63. The summed E-state index contributed by atoms with van der Waals surface area (Å²) in [5, 5.41) is 2.80. The van der Waals surface area contributed by atoms with Crippen molar-refractivity contribution < 1.29 is 9.53 Å². The summed E-state index contributed by atoms with van der Waals surface area (Å²) < 4.78 is 5.09. The highest BCUT2D eigenvalue weighted by atomic mass is 16.5. The number of carbonyl (C=O) groups is 1. The number of nitrogens with zero attached hydrogens (tertiary/aromatic N) is 1. The van der Waals surface area contributed by atoms with E-state index < -0.39 is 0 Å². The molecule has 2 rings (SSSR count). The highest BCUT2D eigenvalue weighted by molar-refractivity contribution is 5.96. The first kappa shape index (κ1) is 13.9. The zero-order chi connectivity index (χ0) is 14.4. The molecule has 0 bridgehead atoms. The van der Waals surface area contributed by atoms with Crippen LogP contribution < -0.4 is 15.8 Å². The third-order valence-corrected chi connectivity index (χ3v) is 2.91. The topological polar surface area (TPSA) is 77.2 Å². The molecule has 0 saturated carbocycles. The van der Waals surface area contributed by atoms with Gasteiger partial charge < -0.3 is 15.8 Å². The molecule has 104 valence electrons. The highest BCUT2D eigenvalue weighted by Crippen LogP contribution is 2.11. The molecule has 1 aromatic heterocycles. The number of carbonyl (C=O) groups excluding carboxylic acids is 1. The molecule has 0 saturated heterocycles. The van der Waals surface area contributed by atoms with Crippen molar-refractivity contribution >= 4 is 11.6 Å². The van der Waals surface area contributed by atoms with Crippen molar-refractivity contribution in [1.29, 1.82) is 0 Å². The van der Waals surface area contributed by atoms with E-state index in [0.717, 1.165) is 17.7 Å². The molecule has 5 nitrogen and oxygen atoms in total. The van der Waals surface area contributed by atoms with Gasteiger partial charge in [0.25, 0.3) is 5.91 Å². The first-order valence-electron chi connectivity index (χ1n) is 6.32.